The largest absolute Gasteiger partial charge is 0.458 e. The number of aliphatic hydroxyl groups excluding tert-OH is 1. The van der Waals surface area contributed by atoms with Gasteiger partial charge in [-0.2, -0.15) is 0 Å². The molecule has 0 aromatic heterocycles. The third-order valence-electron chi connectivity index (χ3n) is 3.05. The lowest BCUT2D eigenvalue weighted by molar-refractivity contribution is -0.201. The van der Waals surface area contributed by atoms with Crippen LogP contribution in [-0.2, 0) is 38.1 Å². The zero-order chi connectivity index (χ0) is 19.6. The first kappa shape index (κ1) is 22.8. The lowest BCUT2D eigenvalue weighted by Crippen LogP contribution is -2.52. The summed E-state index contributed by atoms with van der Waals surface area (Å²) in [5.74, 6) is -2.80. The predicted molar refractivity (Wildman–Crippen MR) is 84.2 cm³/mol. The second-order valence-electron chi connectivity index (χ2n) is 5.42. The summed E-state index contributed by atoms with van der Waals surface area (Å²) in [6.07, 6.45) is -3.96. The molecule has 0 amide bonds. The number of rotatable bonds is 10. The van der Waals surface area contributed by atoms with Gasteiger partial charge in [-0.25, -0.2) is 0 Å². The zero-order valence-corrected chi connectivity index (χ0v) is 15.1. The summed E-state index contributed by atoms with van der Waals surface area (Å²) >= 11 is 0. The summed E-state index contributed by atoms with van der Waals surface area (Å²) in [6.45, 7) is 5.68. The highest BCUT2D eigenvalue weighted by atomic mass is 16.6. The summed E-state index contributed by atoms with van der Waals surface area (Å²) in [5.41, 5.74) is 0. The van der Waals surface area contributed by atoms with Crippen molar-refractivity contribution in [3.8, 4) is 0 Å². The van der Waals surface area contributed by atoms with E-state index in [2.05, 4.69) is 0 Å². The van der Waals surface area contributed by atoms with Gasteiger partial charge >= 0.3 is 23.9 Å². The molecule has 0 saturated heterocycles. The first-order valence-electron chi connectivity index (χ1n) is 7.92. The van der Waals surface area contributed by atoms with Crippen LogP contribution < -0.4 is 0 Å². The lowest BCUT2D eigenvalue weighted by Gasteiger charge is -2.35. The van der Waals surface area contributed by atoms with Crippen LogP contribution >= 0.6 is 0 Å². The quantitative estimate of drug-likeness (QED) is 0.437. The van der Waals surface area contributed by atoms with Gasteiger partial charge in [0.2, 0.25) is 0 Å². The number of carbonyl (C=O) groups is 4. The molecule has 0 unspecified atom stereocenters. The van der Waals surface area contributed by atoms with E-state index in [9.17, 15) is 24.3 Å². The van der Waals surface area contributed by atoms with Crippen molar-refractivity contribution in [2.75, 3.05) is 6.61 Å². The summed E-state index contributed by atoms with van der Waals surface area (Å²) in [5, 5.41) is 9.52. The van der Waals surface area contributed by atoms with E-state index in [0.717, 1.165) is 20.8 Å². The van der Waals surface area contributed by atoms with Crippen LogP contribution in [0.1, 0.15) is 47.5 Å². The third-order valence-corrected chi connectivity index (χ3v) is 3.05. The molecule has 9 heteroatoms. The molecule has 0 radical (unpaired) electrons. The maximum absolute atomic E-state index is 11.5. The highest BCUT2D eigenvalue weighted by Crippen LogP contribution is 2.22. The normalized spacial score (nSPS) is 15.3. The number of hydrogen-bond donors (Lipinski definition) is 1. The molecular weight excluding hydrogens is 336 g/mol. The van der Waals surface area contributed by atoms with Crippen molar-refractivity contribution < 1.29 is 43.2 Å². The number of carbonyl (C=O) groups excluding carboxylic acids is 4. The van der Waals surface area contributed by atoms with Crippen molar-refractivity contribution in [3.63, 3.8) is 0 Å². The summed E-state index contributed by atoms with van der Waals surface area (Å²) in [4.78, 5) is 45.6. The summed E-state index contributed by atoms with van der Waals surface area (Å²) in [6, 6.07) is 0. The van der Waals surface area contributed by atoms with Crippen molar-refractivity contribution in [1.29, 1.82) is 0 Å². The fourth-order valence-electron chi connectivity index (χ4n) is 2.30. The molecule has 144 valence electrons. The molecule has 9 nitrogen and oxygen atoms in total. The fourth-order valence-corrected chi connectivity index (χ4v) is 2.30. The number of esters is 4. The molecule has 0 aliphatic rings. The van der Waals surface area contributed by atoms with Crippen LogP contribution in [0.25, 0.3) is 0 Å². The zero-order valence-electron chi connectivity index (χ0n) is 15.1. The Kier molecular flexibility index (Phi) is 10.4. The third kappa shape index (κ3) is 9.04. The van der Waals surface area contributed by atoms with Crippen LogP contribution in [0.5, 0.6) is 0 Å². The highest BCUT2D eigenvalue weighted by Gasteiger charge is 2.42. The van der Waals surface area contributed by atoms with Crippen molar-refractivity contribution in [1.82, 2.24) is 0 Å². The van der Waals surface area contributed by atoms with Gasteiger partial charge in [0.25, 0.3) is 0 Å². The molecule has 0 aliphatic carbocycles. The molecule has 1 N–H and O–H groups in total. The van der Waals surface area contributed by atoms with Gasteiger partial charge in [-0.15, -0.1) is 0 Å². The molecule has 0 bridgehead atoms. The molecule has 0 aromatic rings. The minimum Gasteiger partial charge on any atom is -0.458 e. The second-order valence-corrected chi connectivity index (χ2v) is 5.42. The van der Waals surface area contributed by atoms with Gasteiger partial charge in [0.15, 0.2) is 18.3 Å². The number of ether oxygens (including phenoxy) is 4. The van der Waals surface area contributed by atoms with Crippen LogP contribution in [0.3, 0.4) is 0 Å². The first-order chi connectivity index (χ1) is 11.6. The molecule has 0 rings (SSSR count). The molecule has 0 saturated carbocycles. The van der Waals surface area contributed by atoms with Crippen molar-refractivity contribution in [2.24, 2.45) is 0 Å². The molecule has 4 atom stereocenters. The standard InChI is InChI=1S/C16H26O9/c1-6-7-13(22-9(2)18)15(24-11(4)20)16(25-12(5)21)14(8-17)23-10(3)19/h13-17H,6-8H2,1-5H3/t13-,14+,15+,16+/m1/s1. The smallest absolute Gasteiger partial charge is 0.303 e. The van der Waals surface area contributed by atoms with Crippen LogP contribution in [0.4, 0.5) is 0 Å². The topological polar surface area (TPSA) is 125 Å². The van der Waals surface area contributed by atoms with E-state index in [0.29, 0.717) is 12.8 Å². The minimum absolute atomic E-state index is 0.299. The Hall–Kier alpha value is -2.16. The van der Waals surface area contributed by atoms with E-state index in [1.165, 1.54) is 6.92 Å². The van der Waals surface area contributed by atoms with Gasteiger partial charge in [0, 0.05) is 27.7 Å². The number of aliphatic hydroxyl groups is 1. The van der Waals surface area contributed by atoms with Gasteiger partial charge in [0.05, 0.1) is 6.61 Å². The molecule has 0 aliphatic heterocycles. The molecular formula is C16H26O9. The Labute approximate surface area is 146 Å². The van der Waals surface area contributed by atoms with E-state index in [1.807, 2.05) is 6.92 Å². The van der Waals surface area contributed by atoms with E-state index >= 15 is 0 Å². The van der Waals surface area contributed by atoms with Crippen LogP contribution in [0, 0.1) is 0 Å². The van der Waals surface area contributed by atoms with E-state index in [1.54, 1.807) is 0 Å². The Morgan fingerprint density at radius 3 is 1.40 bits per heavy atom. The van der Waals surface area contributed by atoms with Gasteiger partial charge in [0.1, 0.15) is 6.10 Å². The SMILES string of the molecule is CCC[C@@H](OC(C)=O)[C@H](OC(C)=O)[C@@H](OC(C)=O)[C@H](CO)OC(C)=O. The monoisotopic (exact) mass is 362 g/mol. The average molecular weight is 362 g/mol. The Morgan fingerprint density at radius 2 is 1.08 bits per heavy atom. The average Bonchev–Trinajstić information content (AvgIpc) is 2.47. The Bertz CT molecular complexity index is 474. The predicted octanol–water partition coefficient (Wildman–Crippen LogP) is 0.506. The molecule has 0 spiro atoms. The second kappa shape index (κ2) is 11.4. The number of hydrogen-bond acceptors (Lipinski definition) is 9. The van der Waals surface area contributed by atoms with E-state index in [4.69, 9.17) is 18.9 Å². The first-order valence-corrected chi connectivity index (χ1v) is 7.92. The van der Waals surface area contributed by atoms with Gasteiger partial charge in [-0.1, -0.05) is 13.3 Å². The molecule has 0 aromatic carbocycles. The van der Waals surface area contributed by atoms with Crippen LogP contribution in [0.15, 0.2) is 0 Å². The van der Waals surface area contributed by atoms with Gasteiger partial charge in [-0.3, -0.25) is 19.2 Å². The Balaban J connectivity index is 5.84. The minimum atomic E-state index is -1.34. The lowest BCUT2D eigenvalue weighted by atomic mass is 9.99. The van der Waals surface area contributed by atoms with Crippen molar-refractivity contribution in [2.45, 2.75) is 71.9 Å². The highest BCUT2D eigenvalue weighted by molar-refractivity contribution is 5.69. The summed E-state index contributed by atoms with van der Waals surface area (Å²) in [7, 11) is 0. The molecule has 0 heterocycles. The fraction of sp³-hybridized carbons (Fsp3) is 0.750. The molecule has 0 fully saturated rings. The van der Waals surface area contributed by atoms with Crippen molar-refractivity contribution >= 4 is 23.9 Å². The van der Waals surface area contributed by atoms with Gasteiger partial charge < -0.3 is 24.1 Å². The van der Waals surface area contributed by atoms with Crippen LogP contribution in [-0.4, -0.2) is 60.0 Å². The maximum Gasteiger partial charge on any atom is 0.303 e. The summed E-state index contributed by atoms with van der Waals surface area (Å²) < 4.78 is 20.5. The maximum atomic E-state index is 11.5. The molecule has 25 heavy (non-hydrogen) atoms. The van der Waals surface area contributed by atoms with E-state index in [-0.39, 0.29) is 0 Å². The van der Waals surface area contributed by atoms with E-state index < -0.39 is 54.9 Å². The van der Waals surface area contributed by atoms with Crippen molar-refractivity contribution in [3.05, 3.63) is 0 Å². The Morgan fingerprint density at radius 1 is 0.720 bits per heavy atom. The van der Waals surface area contributed by atoms with Gasteiger partial charge in [-0.05, 0) is 6.42 Å². The van der Waals surface area contributed by atoms with Crippen LogP contribution in [0.2, 0.25) is 0 Å².